The lowest BCUT2D eigenvalue weighted by atomic mass is 10.1. The van der Waals surface area contributed by atoms with E-state index in [-0.39, 0.29) is 6.03 Å². The molecule has 146 valence electrons. The number of urea groups is 1. The van der Waals surface area contributed by atoms with Crippen molar-refractivity contribution >= 4 is 11.8 Å². The van der Waals surface area contributed by atoms with Gasteiger partial charge in [-0.2, -0.15) is 5.10 Å². The number of hydrogen-bond donors (Lipinski definition) is 1. The Morgan fingerprint density at radius 2 is 2.26 bits per heavy atom. The van der Waals surface area contributed by atoms with Crippen molar-refractivity contribution < 1.29 is 9.53 Å². The normalized spacial score (nSPS) is 16.5. The van der Waals surface area contributed by atoms with Gasteiger partial charge in [-0.25, -0.2) is 9.48 Å². The molecule has 1 aliphatic rings. The number of anilines is 1. The molecular weight excluding hydrogens is 340 g/mol. The van der Waals surface area contributed by atoms with Crippen LogP contribution in [0.25, 0.3) is 0 Å². The number of benzene rings is 1. The second-order valence-corrected chi connectivity index (χ2v) is 7.45. The molecule has 0 aliphatic carbocycles. The van der Waals surface area contributed by atoms with E-state index in [0.29, 0.717) is 12.6 Å². The van der Waals surface area contributed by atoms with E-state index in [1.54, 1.807) is 11.1 Å². The monoisotopic (exact) mass is 370 g/mol. The van der Waals surface area contributed by atoms with Gasteiger partial charge < -0.3 is 9.64 Å². The third-order valence-electron chi connectivity index (χ3n) is 5.05. The fourth-order valence-corrected chi connectivity index (χ4v) is 3.47. The van der Waals surface area contributed by atoms with Gasteiger partial charge in [0.15, 0.2) is 0 Å². The van der Waals surface area contributed by atoms with Crippen molar-refractivity contribution in [2.24, 2.45) is 0 Å². The van der Waals surface area contributed by atoms with Gasteiger partial charge in [-0.15, -0.1) is 0 Å². The van der Waals surface area contributed by atoms with Crippen LogP contribution in [0.1, 0.15) is 42.4 Å². The second kappa shape index (κ2) is 9.04. The molecule has 0 radical (unpaired) electrons. The fourth-order valence-electron chi connectivity index (χ4n) is 3.47. The van der Waals surface area contributed by atoms with E-state index in [1.165, 1.54) is 11.1 Å². The highest BCUT2D eigenvalue weighted by Gasteiger charge is 2.17. The van der Waals surface area contributed by atoms with Crippen LogP contribution in [0.5, 0.6) is 0 Å². The molecule has 1 aliphatic heterocycles. The smallest absolute Gasteiger partial charge is 0.322 e. The van der Waals surface area contributed by atoms with Crippen LogP contribution in [0, 0.1) is 13.8 Å². The minimum Gasteiger partial charge on any atom is -0.378 e. The van der Waals surface area contributed by atoms with E-state index in [0.717, 1.165) is 50.2 Å². The molecule has 1 saturated heterocycles. The van der Waals surface area contributed by atoms with E-state index in [1.807, 2.05) is 24.7 Å². The number of nitrogens with one attached hydrogen (secondary N) is 1. The molecule has 1 atom stereocenters. The summed E-state index contributed by atoms with van der Waals surface area (Å²) in [5.74, 6) is 0.757. The summed E-state index contributed by atoms with van der Waals surface area (Å²) in [6.07, 6.45) is 6.44. The van der Waals surface area contributed by atoms with Crippen molar-refractivity contribution in [3.63, 3.8) is 0 Å². The fraction of sp³-hybridized carbons (Fsp3) is 0.524. The van der Waals surface area contributed by atoms with Gasteiger partial charge >= 0.3 is 6.03 Å². The van der Waals surface area contributed by atoms with Crippen LogP contribution in [0.4, 0.5) is 10.6 Å². The third kappa shape index (κ3) is 5.32. The molecule has 0 unspecified atom stereocenters. The Morgan fingerprint density at radius 3 is 3.00 bits per heavy atom. The maximum absolute atomic E-state index is 12.6. The summed E-state index contributed by atoms with van der Waals surface area (Å²) in [7, 11) is 1.83. The lowest BCUT2D eigenvalue weighted by molar-refractivity contribution is 0.100. The lowest BCUT2D eigenvalue weighted by Crippen LogP contribution is -2.33. The Hall–Kier alpha value is -2.34. The molecule has 6 nitrogen and oxygen atoms in total. The number of aromatic nitrogens is 2. The van der Waals surface area contributed by atoms with Crippen LogP contribution in [0.2, 0.25) is 0 Å². The number of carbonyl (C=O) groups excluding carboxylic acids is 1. The van der Waals surface area contributed by atoms with Gasteiger partial charge in [-0.05, 0) is 45.1 Å². The number of carbonyl (C=O) groups is 1. The molecule has 2 heterocycles. The highest BCUT2D eigenvalue weighted by molar-refractivity contribution is 5.88. The Kier molecular flexibility index (Phi) is 6.50. The molecule has 0 spiro atoms. The maximum Gasteiger partial charge on any atom is 0.322 e. The van der Waals surface area contributed by atoms with Gasteiger partial charge in [0.05, 0.1) is 18.8 Å². The molecule has 2 aromatic rings. The van der Waals surface area contributed by atoms with Crippen molar-refractivity contribution in [2.45, 2.75) is 52.2 Å². The predicted octanol–water partition coefficient (Wildman–Crippen LogP) is 3.97. The molecule has 1 aromatic carbocycles. The van der Waals surface area contributed by atoms with Gasteiger partial charge in [0, 0.05) is 25.8 Å². The molecule has 27 heavy (non-hydrogen) atoms. The zero-order chi connectivity index (χ0) is 19.2. The van der Waals surface area contributed by atoms with E-state index in [9.17, 15) is 4.79 Å². The summed E-state index contributed by atoms with van der Waals surface area (Å²) >= 11 is 0. The maximum atomic E-state index is 12.6. The first-order valence-electron chi connectivity index (χ1n) is 9.74. The van der Waals surface area contributed by atoms with Gasteiger partial charge in [-0.1, -0.05) is 29.8 Å². The summed E-state index contributed by atoms with van der Waals surface area (Å²) in [5, 5.41) is 7.46. The topological polar surface area (TPSA) is 59.4 Å². The molecular formula is C21H30N4O2. The minimum absolute atomic E-state index is 0.101. The number of aryl methyl sites for hydroxylation is 2. The van der Waals surface area contributed by atoms with E-state index >= 15 is 0 Å². The first-order valence-corrected chi connectivity index (χ1v) is 9.74. The standard InChI is InChI=1S/C21H30N4O2/c1-16-7-4-8-18(13-16)15-25-20(17(2)14-22-25)23-21(26)24(3)11-5-9-19-10-6-12-27-19/h4,7-8,13-14,19H,5-6,9-12,15H2,1-3H3,(H,23,26)/t19-/m1/s1. The molecule has 1 fully saturated rings. The number of nitrogens with zero attached hydrogens (tertiary/aromatic N) is 3. The molecule has 2 amide bonds. The highest BCUT2D eigenvalue weighted by Crippen LogP contribution is 2.18. The Labute approximate surface area is 161 Å². The van der Waals surface area contributed by atoms with E-state index in [4.69, 9.17) is 4.74 Å². The molecule has 1 N–H and O–H groups in total. The molecule has 1 aromatic heterocycles. The molecule has 3 rings (SSSR count). The van der Waals surface area contributed by atoms with Crippen LogP contribution in [-0.2, 0) is 11.3 Å². The van der Waals surface area contributed by atoms with Gasteiger partial charge in [-0.3, -0.25) is 5.32 Å². The Morgan fingerprint density at radius 1 is 1.41 bits per heavy atom. The summed E-state index contributed by atoms with van der Waals surface area (Å²) in [6, 6.07) is 8.23. The van der Waals surface area contributed by atoms with E-state index in [2.05, 4.69) is 35.5 Å². The summed E-state index contributed by atoms with van der Waals surface area (Å²) in [5.41, 5.74) is 3.34. The Bertz CT molecular complexity index is 765. The van der Waals surface area contributed by atoms with Crippen LogP contribution in [0.15, 0.2) is 30.5 Å². The number of rotatable bonds is 7. The van der Waals surface area contributed by atoms with Gasteiger partial charge in [0.25, 0.3) is 0 Å². The predicted molar refractivity (Wildman–Crippen MR) is 107 cm³/mol. The lowest BCUT2D eigenvalue weighted by Gasteiger charge is -2.20. The van der Waals surface area contributed by atoms with Crippen LogP contribution >= 0.6 is 0 Å². The second-order valence-electron chi connectivity index (χ2n) is 7.45. The zero-order valence-corrected chi connectivity index (χ0v) is 16.6. The van der Waals surface area contributed by atoms with Crippen molar-refractivity contribution in [2.75, 3.05) is 25.5 Å². The summed E-state index contributed by atoms with van der Waals surface area (Å²) < 4.78 is 7.50. The minimum atomic E-state index is -0.101. The number of ether oxygens (including phenoxy) is 1. The van der Waals surface area contributed by atoms with Crippen molar-refractivity contribution in [1.29, 1.82) is 0 Å². The first-order chi connectivity index (χ1) is 13.0. The van der Waals surface area contributed by atoms with E-state index < -0.39 is 0 Å². The number of amides is 2. The largest absolute Gasteiger partial charge is 0.378 e. The van der Waals surface area contributed by atoms with Crippen molar-refractivity contribution in [3.8, 4) is 0 Å². The molecule has 0 bridgehead atoms. The Balaban J connectivity index is 1.56. The average Bonchev–Trinajstić information content (AvgIpc) is 3.27. The van der Waals surface area contributed by atoms with Gasteiger partial charge in [0.2, 0.25) is 0 Å². The zero-order valence-electron chi connectivity index (χ0n) is 16.6. The van der Waals surface area contributed by atoms with Crippen LogP contribution in [-0.4, -0.2) is 47.0 Å². The quantitative estimate of drug-likeness (QED) is 0.802. The summed E-state index contributed by atoms with van der Waals surface area (Å²) in [4.78, 5) is 14.3. The van der Waals surface area contributed by atoms with Crippen molar-refractivity contribution in [1.82, 2.24) is 14.7 Å². The molecule has 0 saturated carbocycles. The van der Waals surface area contributed by atoms with Gasteiger partial charge in [0.1, 0.15) is 5.82 Å². The highest BCUT2D eigenvalue weighted by atomic mass is 16.5. The summed E-state index contributed by atoms with van der Waals surface area (Å²) in [6.45, 7) is 6.27. The first kappa shape index (κ1) is 19.4. The SMILES string of the molecule is Cc1cccc(Cn2ncc(C)c2NC(=O)N(C)CCC[C@@H]2CCCO2)c1. The van der Waals surface area contributed by atoms with Crippen molar-refractivity contribution in [3.05, 3.63) is 47.2 Å². The van der Waals surface area contributed by atoms with Crippen LogP contribution < -0.4 is 5.32 Å². The average molecular weight is 370 g/mol. The van der Waals surface area contributed by atoms with Crippen LogP contribution in [0.3, 0.4) is 0 Å². The third-order valence-corrected chi connectivity index (χ3v) is 5.05. The molecule has 6 heteroatoms. The number of hydrogen-bond acceptors (Lipinski definition) is 3.